The first-order valence-electron chi connectivity index (χ1n) is 5.77. The van der Waals surface area contributed by atoms with Crippen molar-refractivity contribution in [1.82, 2.24) is 0 Å². The molecule has 0 saturated heterocycles. The zero-order chi connectivity index (χ0) is 8.86. The first-order valence-corrected chi connectivity index (χ1v) is 5.77. The molecule has 1 fully saturated rings. The van der Waals surface area contributed by atoms with Gasteiger partial charge in [0.1, 0.15) is 0 Å². The van der Waals surface area contributed by atoms with Gasteiger partial charge in [-0.1, -0.05) is 52.4 Å². The highest BCUT2D eigenvalue weighted by Gasteiger charge is 2.35. The Morgan fingerprint density at radius 3 is 2.08 bits per heavy atom. The number of hydrogen-bond acceptors (Lipinski definition) is 0. The van der Waals surface area contributed by atoms with E-state index in [4.69, 9.17) is 0 Å². The van der Waals surface area contributed by atoms with Crippen molar-refractivity contribution in [3.05, 3.63) is 0 Å². The number of hydrogen-bond donors (Lipinski definition) is 0. The topological polar surface area (TPSA) is 0 Å². The molecule has 0 bridgehead atoms. The van der Waals surface area contributed by atoms with Crippen molar-refractivity contribution < 1.29 is 0 Å². The van der Waals surface area contributed by atoms with Gasteiger partial charge in [0.15, 0.2) is 0 Å². The summed E-state index contributed by atoms with van der Waals surface area (Å²) in [5.41, 5.74) is 0.796. The molecule has 0 heterocycles. The molecule has 0 nitrogen and oxygen atoms in total. The van der Waals surface area contributed by atoms with Gasteiger partial charge in [0.25, 0.3) is 0 Å². The summed E-state index contributed by atoms with van der Waals surface area (Å²) in [5, 5.41) is 0. The first-order chi connectivity index (χ1) is 5.77. The van der Waals surface area contributed by atoms with Crippen LogP contribution >= 0.6 is 0 Å². The summed E-state index contributed by atoms with van der Waals surface area (Å²) >= 11 is 0. The second-order valence-electron chi connectivity index (χ2n) is 4.83. The molecule has 0 amide bonds. The molecule has 0 aromatic carbocycles. The van der Waals surface area contributed by atoms with E-state index >= 15 is 0 Å². The summed E-state index contributed by atoms with van der Waals surface area (Å²) in [5.74, 6) is 0. The fourth-order valence-electron chi connectivity index (χ4n) is 1.80. The second-order valence-corrected chi connectivity index (χ2v) is 4.83. The van der Waals surface area contributed by atoms with Crippen LogP contribution in [0.25, 0.3) is 0 Å². The van der Waals surface area contributed by atoms with E-state index in [0.717, 1.165) is 5.41 Å². The van der Waals surface area contributed by atoms with Crippen LogP contribution in [0.4, 0.5) is 0 Å². The monoisotopic (exact) mass is 168 g/mol. The second kappa shape index (κ2) is 4.89. The van der Waals surface area contributed by atoms with E-state index in [1.165, 1.54) is 57.8 Å². The van der Waals surface area contributed by atoms with Gasteiger partial charge in [-0.3, -0.25) is 0 Å². The van der Waals surface area contributed by atoms with Crippen LogP contribution in [0.1, 0.15) is 71.6 Å². The molecule has 0 radical (unpaired) electrons. The lowest BCUT2D eigenvalue weighted by Gasteiger charge is -2.06. The van der Waals surface area contributed by atoms with E-state index in [1.54, 1.807) is 0 Å². The summed E-state index contributed by atoms with van der Waals surface area (Å²) in [6.45, 7) is 4.73. The largest absolute Gasteiger partial charge is 0.0654 e. The Morgan fingerprint density at radius 1 is 0.917 bits per heavy atom. The quantitative estimate of drug-likeness (QED) is 0.490. The third kappa shape index (κ3) is 4.13. The maximum Gasteiger partial charge on any atom is -0.0325 e. The summed E-state index contributed by atoms with van der Waals surface area (Å²) in [6.07, 6.45) is 13.2. The van der Waals surface area contributed by atoms with Crippen LogP contribution < -0.4 is 0 Å². The fraction of sp³-hybridized carbons (Fsp3) is 1.00. The maximum absolute atomic E-state index is 2.44. The molecule has 1 saturated carbocycles. The van der Waals surface area contributed by atoms with Crippen molar-refractivity contribution in [1.29, 1.82) is 0 Å². The molecule has 0 heteroatoms. The lowest BCUT2D eigenvalue weighted by molar-refractivity contribution is 0.469. The van der Waals surface area contributed by atoms with E-state index in [2.05, 4.69) is 13.8 Å². The molecule has 12 heavy (non-hydrogen) atoms. The van der Waals surface area contributed by atoms with E-state index in [9.17, 15) is 0 Å². The Hall–Kier alpha value is 0. The third-order valence-corrected chi connectivity index (χ3v) is 3.24. The van der Waals surface area contributed by atoms with E-state index in [0.29, 0.717) is 0 Å². The predicted octanol–water partition coefficient (Wildman–Crippen LogP) is 4.54. The van der Waals surface area contributed by atoms with E-state index in [-0.39, 0.29) is 0 Å². The summed E-state index contributed by atoms with van der Waals surface area (Å²) in [6, 6.07) is 0. The Morgan fingerprint density at radius 2 is 1.50 bits per heavy atom. The van der Waals surface area contributed by atoms with Crippen LogP contribution in [0, 0.1) is 5.41 Å². The molecule has 0 aromatic rings. The SMILES string of the molecule is CCCCCCCCC1(C)CC1. The first kappa shape index (κ1) is 10.1. The molecule has 0 aliphatic heterocycles. The summed E-state index contributed by atoms with van der Waals surface area (Å²) in [7, 11) is 0. The van der Waals surface area contributed by atoms with Gasteiger partial charge in [-0.25, -0.2) is 0 Å². The molecule has 1 aliphatic rings. The Bertz CT molecular complexity index is 111. The molecular formula is C12H24. The van der Waals surface area contributed by atoms with Crippen LogP contribution in [0.5, 0.6) is 0 Å². The van der Waals surface area contributed by atoms with Crippen LogP contribution in [0.2, 0.25) is 0 Å². The minimum absolute atomic E-state index is 0.796. The minimum atomic E-state index is 0.796. The molecule has 0 N–H and O–H groups in total. The molecule has 0 unspecified atom stereocenters. The third-order valence-electron chi connectivity index (χ3n) is 3.24. The van der Waals surface area contributed by atoms with Crippen molar-refractivity contribution in [2.75, 3.05) is 0 Å². The normalized spacial score (nSPS) is 19.5. The fourth-order valence-corrected chi connectivity index (χ4v) is 1.80. The van der Waals surface area contributed by atoms with Gasteiger partial charge in [0, 0.05) is 0 Å². The summed E-state index contributed by atoms with van der Waals surface area (Å²) < 4.78 is 0. The molecule has 0 spiro atoms. The highest BCUT2D eigenvalue weighted by Crippen LogP contribution is 2.49. The highest BCUT2D eigenvalue weighted by molar-refractivity contribution is 4.87. The van der Waals surface area contributed by atoms with Gasteiger partial charge in [0.2, 0.25) is 0 Å². The smallest absolute Gasteiger partial charge is 0.0325 e. The van der Waals surface area contributed by atoms with Crippen molar-refractivity contribution >= 4 is 0 Å². The lowest BCUT2D eigenvalue weighted by Crippen LogP contribution is -1.91. The van der Waals surface area contributed by atoms with E-state index < -0.39 is 0 Å². The average molecular weight is 168 g/mol. The zero-order valence-electron chi connectivity index (χ0n) is 8.86. The van der Waals surface area contributed by atoms with Crippen molar-refractivity contribution in [3.8, 4) is 0 Å². The number of unbranched alkanes of at least 4 members (excludes halogenated alkanes) is 5. The van der Waals surface area contributed by atoms with Gasteiger partial charge in [0.05, 0.1) is 0 Å². The van der Waals surface area contributed by atoms with Crippen molar-refractivity contribution in [2.45, 2.75) is 71.6 Å². The molecular weight excluding hydrogens is 144 g/mol. The average Bonchev–Trinajstić information content (AvgIpc) is 2.77. The van der Waals surface area contributed by atoms with Gasteiger partial charge < -0.3 is 0 Å². The van der Waals surface area contributed by atoms with Crippen LogP contribution in [-0.4, -0.2) is 0 Å². The molecule has 72 valence electrons. The van der Waals surface area contributed by atoms with Gasteiger partial charge in [-0.15, -0.1) is 0 Å². The van der Waals surface area contributed by atoms with Crippen LogP contribution in [-0.2, 0) is 0 Å². The lowest BCUT2D eigenvalue weighted by atomic mass is 10.00. The van der Waals surface area contributed by atoms with Crippen molar-refractivity contribution in [2.24, 2.45) is 5.41 Å². The predicted molar refractivity (Wildman–Crippen MR) is 55.3 cm³/mol. The Balaban J connectivity index is 1.77. The maximum atomic E-state index is 2.44. The molecule has 0 aromatic heterocycles. The van der Waals surface area contributed by atoms with Gasteiger partial charge in [-0.05, 0) is 24.7 Å². The zero-order valence-corrected chi connectivity index (χ0v) is 8.86. The Labute approximate surface area is 77.7 Å². The van der Waals surface area contributed by atoms with Crippen LogP contribution in [0.15, 0.2) is 0 Å². The summed E-state index contributed by atoms with van der Waals surface area (Å²) in [4.78, 5) is 0. The molecule has 1 rings (SSSR count). The van der Waals surface area contributed by atoms with E-state index in [1.807, 2.05) is 0 Å². The number of rotatable bonds is 7. The highest BCUT2D eigenvalue weighted by atomic mass is 14.4. The minimum Gasteiger partial charge on any atom is -0.0654 e. The molecule has 0 atom stereocenters. The van der Waals surface area contributed by atoms with Gasteiger partial charge >= 0.3 is 0 Å². The van der Waals surface area contributed by atoms with Gasteiger partial charge in [-0.2, -0.15) is 0 Å². The standard InChI is InChI=1S/C12H24/c1-3-4-5-6-7-8-9-12(2)10-11-12/h3-11H2,1-2H3. The molecule has 1 aliphatic carbocycles. The van der Waals surface area contributed by atoms with Crippen LogP contribution in [0.3, 0.4) is 0 Å². The Kier molecular flexibility index (Phi) is 4.11. The van der Waals surface area contributed by atoms with Crippen molar-refractivity contribution in [3.63, 3.8) is 0 Å².